The number of methoxy groups -OCH3 is 1. The number of rotatable bonds is 6. The van der Waals surface area contributed by atoms with Crippen LogP contribution in [0.1, 0.15) is 30.5 Å². The number of hydrogen-bond acceptors (Lipinski definition) is 4. The maximum absolute atomic E-state index is 5.35. The number of likely N-dealkylation sites (tertiary alicyclic amines) is 1. The van der Waals surface area contributed by atoms with Crippen molar-refractivity contribution in [3.05, 3.63) is 54.0 Å². The average Bonchev–Trinajstić information content (AvgIpc) is 2.62. The van der Waals surface area contributed by atoms with Gasteiger partial charge < -0.3 is 4.74 Å². The largest absolute Gasteiger partial charge is 0.481 e. The van der Waals surface area contributed by atoms with E-state index in [1.165, 1.54) is 30.5 Å². The molecule has 0 atom stereocenters. The Morgan fingerprint density at radius 3 is 2.65 bits per heavy atom. The minimum atomic E-state index is 0.754. The monoisotopic (exact) mass is 311 g/mol. The summed E-state index contributed by atoms with van der Waals surface area (Å²) in [5.74, 6) is 1.58. The van der Waals surface area contributed by atoms with Crippen LogP contribution >= 0.6 is 0 Å². The Hall–Kier alpha value is -1.94. The van der Waals surface area contributed by atoms with Gasteiger partial charge >= 0.3 is 0 Å². The molecule has 0 radical (unpaired) electrons. The molecule has 0 unspecified atom stereocenters. The molecular weight excluding hydrogens is 286 g/mol. The van der Waals surface area contributed by atoms with Crippen LogP contribution in [0.3, 0.4) is 0 Å². The van der Waals surface area contributed by atoms with Crippen LogP contribution in [0, 0.1) is 5.92 Å². The van der Waals surface area contributed by atoms with Crippen LogP contribution in [0.15, 0.2) is 42.7 Å². The molecule has 0 amide bonds. The van der Waals surface area contributed by atoms with Crippen molar-refractivity contribution in [2.75, 3.05) is 20.2 Å². The highest BCUT2D eigenvalue weighted by molar-refractivity contribution is 5.25. The van der Waals surface area contributed by atoms with Crippen molar-refractivity contribution < 1.29 is 4.74 Å². The summed E-state index contributed by atoms with van der Waals surface area (Å²) in [6, 6.07) is 10.3. The summed E-state index contributed by atoms with van der Waals surface area (Å²) in [6.45, 7) is 3.25. The predicted octanol–water partition coefficient (Wildman–Crippen LogP) is 3.33. The zero-order valence-electron chi connectivity index (χ0n) is 13.8. The van der Waals surface area contributed by atoms with Crippen LogP contribution in [0.25, 0.3) is 0 Å². The molecule has 0 saturated carbocycles. The fourth-order valence-corrected chi connectivity index (χ4v) is 3.30. The summed E-state index contributed by atoms with van der Waals surface area (Å²) in [7, 11) is 1.69. The van der Waals surface area contributed by atoms with E-state index in [9.17, 15) is 0 Å². The quantitative estimate of drug-likeness (QED) is 0.820. The highest BCUT2D eigenvalue weighted by Crippen LogP contribution is 2.24. The van der Waals surface area contributed by atoms with Crippen molar-refractivity contribution in [3.63, 3.8) is 0 Å². The van der Waals surface area contributed by atoms with Gasteiger partial charge in [-0.25, -0.2) is 4.98 Å². The van der Waals surface area contributed by atoms with E-state index in [2.05, 4.69) is 33.1 Å². The summed E-state index contributed by atoms with van der Waals surface area (Å²) in [4.78, 5) is 11.2. The van der Waals surface area contributed by atoms with Gasteiger partial charge in [0, 0.05) is 30.2 Å². The summed E-state index contributed by atoms with van der Waals surface area (Å²) in [5.41, 5.74) is 2.40. The van der Waals surface area contributed by atoms with Gasteiger partial charge in [0.05, 0.1) is 7.11 Å². The molecule has 4 heteroatoms. The molecule has 0 bridgehead atoms. The highest BCUT2D eigenvalue weighted by Gasteiger charge is 2.20. The van der Waals surface area contributed by atoms with Gasteiger partial charge in [-0.1, -0.05) is 12.1 Å². The van der Waals surface area contributed by atoms with E-state index in [-0.39, 0.29) is 0 Å². The van der Waals surface area contributed by atoms with Crippen LogP contribution in [0.5, 0.6) is 5.88 Å². The Morgan fingerprint density at radius 1 is 1.09 bits per heavy atom. The van der Waals surface area contributed by atoms with Gasteiger partial charge in [-0.2, -0.15) is 0 Å². The molecule has 4 nitrogen and oxygen atoms in total. The molecular formula is C19H25N3O. The first-order valence-electron chi connectivity index (χ1n) is 8.45. The third-order valence-corrected chi connectivity index (χ3v) is 4.68. The molecule has 1 aliphatic heterocycles. The predicted molar refractivity (Wildman–Crippen MR) is 91.3 cm³/mol. The topological polar surface area (TPSA) is 38.2 Å². The lowest BCUT2D eigenvalue weighted by atomic mass is 9.91. The first kappa shape index (κ1) is 15.9. The second-order valence-electron chi connectivity index (χ2n) is 6.25. The number of aryl methyl sites for hydroxylation is 1. The smallest absolute Gasteiger partial charge is 0.217 e. The maximum Gasteiger partial charge on any atom is 0.217 e. The molecule has 0 aliphatic carbocycles. The second kappa shape index (κ2) is 8.06. The minimum Gasteiger partial charge on any atom is -0.481 e. The first-order valence-corrected chi connectivity index (χ1v) is 8.45. The minimum absolute atomic E-state index is 0.754. The van der Waals surface area contributed by atoms with Gasteiger partial charge in [-0.3, -0.25) is 9.88 Å². The number of piperidine rings is 1. The molecule has 1 saturated heterocycles. The molecule has 3 rings (SSSR count). The Balaban J connectivity index is 1.45. The lowest BCUT2D eigenvalue weighted by molar-refractivity contribution is 0.170. The van der Waals surface area contributed by atoms with Gasteiger partial charge in [0.2, 0.25) is 5.88 Å². The van der Waals surface area contributed by atoms with E-state index < -0.39 is 0 Å². The third-order valence-electron chi connectivity index (χ3n) is 4.68. The molecule has 2 aromatic heterocycles. The van der Waals surface area contributed by atoms with Crippen molar-refractivity contribution in [1.29, 1.82) is 0 Å². The molecule has 1 aliphatic rings. The maximum atomic E-state index is 5.35. The van der Waals surface area contributed by atoms with Gasteiger partial charge in [0.15, 0.2) is 0 Å². The molecule has 0 spiro atoms. The van der Waals surface area contributed by atoms with E-state index in [0.717, 1.165) is 37.9 Å². The summed E-state index contributed by atoms with van der Waals surface area (Å²) in [6.07, 6.45) is 8.57. The van der Waals surface area contributed by atoms with Crippen LogP contribution in [0.2, 0.25) is 0 Å². The Bertz CT molecular complexity index is 595. The zero-order chi connectivity index (χ0) is 15.9. The Labute approximate surface area is 138 Å². The molecule has 1 fully saturated rings. The fraction of sp³-hybridized carbons (Fsp3) is 0.474. The lowest BCUT2D eigenvalue weighted by Gasteiger charge is -2.32. The standard InChI is InChI=1S/C19H25N3O/c1-23-19-17(5-4-12-21-19)15-22-13-9-16(10-14-22)7-8-18-6-2-3-11-20-18/h2-6,11-12,16H,7-10,13-15H2,1H3. The van der Waals surface area contributed by atoms with E-state index in [4.69, 9.17) is 4.74 Å². The van der Waals surface area contributed by atoms with E-state index in [1.54, 1.807) is 13.3 Å². The van der Waals surface area contributed by atoms with E-state index >= 15 is 0 Å². The fourth-order valence-electron chi connectivity index (χ4n) is 3.30. The molecule has 0 N–H and O–H groups in total. The molecule has 3 heterocycles. The molecule has 2 aromatic rings. The van der Waals surface area contributed by atoms with Crippen molar-refractivity contribution in [2.45, 2.75) is 32.2 Å². The summed E-state index contributed by atoms with van der Waals surface area (Å²) in [5, 5.41) is 0. The summed E-state index contributed by atoms with van der Waals surface area (Å²) < 4.78 is 5.35. The van der Waals surface area contributed by atoms with Crippen molar-refractivity contribution in [2.24, 2.45) is 5.92 Å². The van der Waals surface area contributed by atoms with Gasteiger partial charge in [-0.15, -0.1) is 0 Å². The Kier molecular flexibility index (Phi) is 5.59. The van der Waals surface area contributed by atoms with Gasteiger partial charge in [0.1, 0.15) is 0 Å². The van der Waals surface area contributed by atoms with E-state index in [1.807, 2.05) is 18.3 Å². The van der Waals surface area contributed by atoms with Crippen LogP contribution in [-0.4, -0.2) is 35.1 Å². The molecule has 122 valence electrons. The lowest BCUT2D eigenvalue weighted by Crippen LogP contribution is -2.33. The second-order valence-corrected chi connectivity index (χ2v) is 6.25. The number of hydrogen-bond donors (Lipinski definition) is 0. The van der Waals surface area contributed by atoms with Crippen molar-refractivity contribution in [1.82, 2.24) is 14.9 Å². The zero-order valence-corrected chi connectivity index (χ0v) is 13.8. The summed E-state index contributed by atoms with van der Waals surface area (Å²) >= 11 is 0. The number of ether oxygens (including phenoxy) is 1. The van der Waals surface area contributed by atoms with Crippen LogP contribution < -0.4 is 4.74 Å². The Morgan fingerprint density at radius 2 is 1.91 bits per heavy atom. The SMILES string of the molecule is COc1ncccc1CN1CCC(CCc2ccccn2)CC1. The van der Waals surface area contributed by atoms with Crippen LogP contribution in [0.4, 0.5) is 0 Å². The average molecular weight is 311 g/mol. The van der Waals surface area contributed by atoms with Gasteiger partial charge in [0.25, 0.3) is 0 Å². The normalized spacial score (nSPS) is 16.4. The highest BCUT2D eigenvalue weighted by atomic mass is 16.5. The number of pyridine rings is 2. The molecule has 23 heavy (non-hydrogen) atoms. The third kappa shape index (κ3) is 4.52. The molecule has 0 aromatic carbocycles. The van der Waals surface area contributed by atoms with Crippen LogP contribution in [-0.2, 0) is 13.0 Å². The van der Waals surface area contributed by atoms with Crippen molar-refractivity contribution in [3.8, 4) is 5.88 Å². The van der Waals surface area contributed by atoms with Crippen molar-refractivity contribution >= 4 is 0 Å². The number of aromatic nitrogens is 2. The first-order chi connectivity index (χ1) is 11.3. The van der Waals surface area contributed by atoms with Gasteiger partial charge in [-0.05, 0) is 62.9 Å². The number of nitrogens with zero attached hydrogens (tertiary/aromatic N) is 3. The van der Waals surface area contributed by atoms with E-state index in [0.29, 0.717) is 0 Å².